The van der Waals surface area contributed by atoms with Crippen molar-refractivity contribution in [2.45, 2.75) is 65.2 Å². The number of anilines is 1. The van der Waals surface area contributed by atoms with Gasteiger partial charge in [-0.3, -0.25) is 9.69 Å². The summed E-state index contributed by atoms with van der Waals surface area (Å²) in [6.45, 7) is 6.15. The highest BCUT2D eigenvalue weighted by Gasteiger charge is 2.46. The SMILES string of the molecule is CCOC(=O)c1c(N2C(N)=C(C#N)C(c3ccc(OC)c(OC)c3)C3=C2CC(C)(C)CC3=O)sc2c1CCCC2. The second-order valence-corrected chi connectivity index (χ2v) is 12.3. The molecule has 2 aliphatic carbocycles. The van der Waals surface area contributed by atoms with Gasteiger partial charge in [-0.25, -0.2) is 4.79 Å². The van der Waals surface area contributed by atoms with Crippen molar-refractivity contribution in [1.82, 2.24) is 0 Å². The van der Waals surface area contributed by atoms with Crippen LogP contribution in [0.3, 0.4) is 0 Å². The minimum Gasteiger partial charge on any atom is -0.493 e. The largest absolute Gasteiger partial charge is 0.493 e. The number of nitrogens with zero attached hydrogens (tertiary/aromatic N) is 2. The molecule has 1 atom stereocenters. The molecule has 0 radical (unpaired) electrons. The van der Waals surface area contributed by atoms with Crippen molar-refractivity contribution in [2.24, 2.45) is 11.1 Å². The van der Waals surface area contributed by atoms with Crippen LogP contribution in [0.15, 0.2) is 40.9 Å². The van der Waals surface area contributed by atoms with Gasteiger partial charge in [-0.05, 0) is 67.7 Å². The fourth-order valence-electron chi connectivity index (χ4n) is 6.23. The zero-order valence-corrected chi connectivity index (χ0v) is 24.5. The van der Waals surface area contributed by atoms with Gasteiger partial charge in [-0.2, -0.15) is 5.26 Å². The minimum absolute atomic E-state index is 0.0321. The van der Waals surface area contributed by atoms with Gasteiger partial charge < -0.3 is 19.9 Å². The second kappa shape index (κ2) is 10.7. The Hall–Kier alpha value is -3.77. The molecule has 5 rings (SSSR count). The molecule has 1 aromatic heterocycles. The van der Waals surface area contributed by atoms with Crippen molar-refractivity contribution in [3.05, 3.63) is 62.4 Å². The van der Waals surface area contributed by atoms with E-state index in [4.69, 9.17) is 19.9 Å². The number of aryl methyl sites for hydroxylation is 1. The summed E-state index contributed by atoms with van der Waals surface area (Å²) in [7, 11) is 3.11. The molecule has 8 nitrogen and oxygen atoms in total. The highest BCUT2D eigenvalue weighted by atomic mass is 32.1. The molecular weight excluding hydrogens is 526 g/mol. The van der Waals surface area contributed by atoms with Crippen molar-refractivity contribution < 1.29 is 23.8 Å². The fraction of sp³-hybridized carbons (Fsp3) is 0.452. The predicted octanol–water partition coefficient (Wildman–Crippen LogP) is 5.76. The number of allylic oxidation sites excluding steroid dienone is 3. The van der Waals surface area contributed by atoms with Crippen LogP contribution in [0.5, 0.6) is 11.5 Å². The topological polar surface area (TPSA) is 115 Å². The summed E-state index contributed by atoms with van der Waals surface area (Å²) in [4.78, 5) is 30.3. The van der Waals surface area contributed by atoms with E-state index in [0.29, 0.717) is 46.0 Å². The number of fused-ring (bicyclic) bond motifs is 1. The van der Waals surface area contributed by atoms with Gasteiger partial charge in [-0.15, -0.1) is 11.3 Å². The molecule has 40 heavy (non-hydrogen) atoms. The number of rotatable bonds is 6. The van der Waals surface area contributed by atoms with Crippen molar-refractivity contribution in [2.75, 3.05) is 25.7 Å². The van der Waals surface area contributed by atoms with E-state index in [9.17, 15) is 14.9 Å². The number of Topliss-reactive ketones (excluding diaryl/α,β-unsaturated/α-hetero) is 1. The summed E-state index contributed by atoms with van der Waals surface area (Å²) in [6, 6.07) is 7.74. The van der Waals surface area contributed by atoms with Gasteiger partial charge in [0.2, 0.25) is 0 Å². The molecule has 0 fully saturated rings. The Morgan fingerprint density at radius 3 is 2.58 bits per heavy atom. The lowest BCUT2D eigenvalue weighted by molar-refractivity contribution is -0.118. The van der Waals surface area contributed by atoms with Gasteiger partial charge in [0, 0.05) is 22.6 Å². The van der Waals surface area contributed by atoms with E-state index in [2.05, 4.69) is 19.9 Å². The van der Waals surface area contributed by atoms with Gasteiger partial charge in [0.25, 0.3) is 0 Å². The summed E-state index contributed by atoms with van der Waals surface area (Å²) in [5.41, 5.74) is 10.3. The minimum atomic E-state index is -0.666. The predicted molar refractivity (Wildman–Crippen MR) is 154 cm³/mol. The Kier molecular flexibility index (Phi) is 7.40. The molecule has 0 saturated carbocycles. The monoisotopic (exact) mass is 561 g/mol. The normalized spacial score (nSPS) is 20.1. The van der Waals surface area contributed by atoms with Crippen molar-refractivity contribution >= 4 is 28.1 Å². The first-order valence-corrected chi connectivity index (χ1v) is 14.5. The number of carbonyl (C=O) groups is 2. The van der Waals surface area contributed by atoms with E-state index in [-0.39, 0.29) is 29.2 Å². The van der Waals surface area contributed by atoms with Crippen LogP contribution >= 0.6 is 11.3 Å². The molecule has 0 saturated heterocycles. The number of thiophene rings is 1. The number of benzene rings is 1. The maximum atomic E-state index is 14.0. The summed E-state index contributed by atoms with van der Waals surface area (Å²) >= 11 is 1.52. The molecule has 0 bridgehead atoms. The molecule has 1 aliphatic heterocycles. The highest BCUT2D eigenvalue weighted by molar-refractivity contribution is 7.16. The molecule has 0 spiro atoms. The number of esters is 1. The van der Waals surface area contributed by atoms with Gasteiger partial charge in [-0.1, -0.05) is 19.9 Å². The van der Waals surface area contributed by atoms with Gasteiger partial charge in [0.05, 0.1) is 44.0 Å². The standard InChI is InChI=1S/C31H35N3O5S/c1-6-39-30(36)26-18-9-7-8-10-24(18)40-29(26)34-20-14-31(2,3)15-21(35)27(20)25(19(16-32)28(34)33)17-11-12-22(37-4)23(13-17)38-5/h11-13,25H,6-10,14-15,33H2,1-5H3. The summed E-state index contributed by atoms with van der Waals surface area (Å²) in [6.07, 6.45) is 4.60. The molecule has 2 heterocycles. The van der Waals surface area contributed by atoms with E-state index < -0.39 is 11.9 Å². The molecule has 3 aliphatic rings. The average Bonchev–Trinajstić information content (AvgIpc) is 3.30. The lowest BCUT2D eigenvalue weighted by Gasteiger charge is -2.43. The van der Waals surface area contributed by atoms with E-state index in [0.717, 1.165) is 41.8 Å². The Balaban J connectivity index is 1.79. The first kappa shape index (κ1) is 27.8. The van der Waals surface area contributed by atoms with Crippen LogP contribution in [0.2, 0.25) is 0 Å². The van der Waals surface area contributed by atoms with E-state index in [1.165, 1.54) is 11.3 Å². The maximum Gasteiger partial charge on any atom is 0.341 e. The number of nitriles is 1. The lowest BCUT2D eigenvalue weighted by atomic mass is 9.68. The molecule has 9 heteroatoms. The maximum absolute atomic E-state index is 14.0. The van der Waals surface area contributed by atoms with Crippen LogP contribution < -0.4 is 20.1 Å². The van der Waals surface area contributed by atoms with Crippen LogP contribution in [0, 0.1) is 16.7 Å². The zero-order chi connectivity index (χ0) is 28.8. The van der Waals surface area contributed by atoms with Crippen LogP contribution in [0.1, 0.15) is 78.7 Å². The first-order valence-electron chi connectivity index (χ1n) is 13.6. The number of ketones is 1. The fourth-order valence-corrected chi connectivity index (χ4v) is 7.64. The molecule has 1 aromatic carbocycles. The molecule has 2 N–H and O–H groups in total. The lowest BCUT2D eigenvalue weighted by Crippen LogP contribution is -2.42. The summed E-state index contributed by atoms with van der Waals surface area (Å²) in [5.74, 6) is 0.187. The summed E-state index contributed by atoms with van der Waals surface area (Å²) in [5, 5.41) is 11.1. The van der Waals surface area contributed by atoms with Crippen molar-refractivity contribution in [3.63, 3.8) is 0 Å². The number of hydrogen-bond donors (Lipinski definition) is 1. The molecule has 0 amide bonds. The smallest absolute Gasteiger partial charge is 0.341 e. The molecule has 210 valence electrons. The number of carbonyl (C=O) groups excluding carboxylic acids is 2. The first-order chi connectivity index (χ1) is 19.1. The molecular formula is C31H35N3O5S. The number of hydrogen-bond acceptors (Lipinski definition) is 9. The summed E-state index contributed by atoms with van der Waals surface area (Å²) < 4.78 is 16.5. The zero-order valence-electron chi connectivity index (χ0n) is 23.7. The third-order valence-corrected chi connectivity index (χ3v) is 9.23. The van der Waals surface area contributed by atoms with E-state index in [1.54, 1.807) is 33.3 Å². The molecule has 2 aromatic rings. The van der Waals surface area contributed by atoms with Crippen LogP contribution in [-0.2, 0) is 22.4 Å². The quantitative estimate of drug-likeness (QED) is 0.443. The number of methoxy groups -OCH3 is 2. The van der Waals surface area contributed by atoms with E-state index in [1.807, 2.05) is 11.0 Å². The Bertz CT molecular complexity index is 1490. The van der Waals surface area contributed by atoms with Crippen molar-refractivity contribution in [3.8, 4) is 17.6 Å². The average molecular weight is 562 g/mol. The van der Waals surface area contributed by atoms with Gasteiger partial charge >= 0.3 is 5.97 Å². The third kappa shape index (κ3) is 4.54. The number of nitrogens with two attached hydrogens (primary N) is 1. The third-order valence-electron chi connectivity index (χ3n) is 7.96. The number of ether oxygens (including phenoxy) is 3. The Morgan fingerprint density at radius 1 is 1.18 bits per heavy atom. The Labute approximate surface area is 239 Å². The van der Waals surface area contributed by atoms with Gasteiger partial charge in [0.1, 0.15) is 10.8 Å². The highest BCUT2D eigenvalue weighted by Crippen LogP contribution is 2.53. The second-order valence-electron chi connectivity index (χ2n) is 11.2. The van der Waals surface area contributed by atoms with Crippen LogP contribution in [0.25, 0.3) is 0 Å². The molecule has 1 unspecified atom stereocenters. The Morgan fingerprint density at radius 2 is 1.90 bits per heavy atom. The van der Waals surface area contributed by atoms with Crippen LogP contribution in [0.4, 0.5) is 5.00 Å². The van der Waals surface area contributed by atoms with Crippen molar-refractivity contribution in [1.29, 1.82) is 5.26 Å². The van der Waals surface area contributed by atoms with Crippen LogP contribution in [-0.4, -0.2) is 32.6 Å². The van der Waals surface area contributed by atoms with Gasteiger partial charge in [0.15, 0.2) is 17.3 Å². The van der Waals surface area contributed by atoms with E-state index >= 15 is 0 Å².